The number of nitrogens with one attached hydrogen (secondary N) is 2. The van der Waals surface area contributed by atoms with Crippen LogP contribution in [0.1, 0.15) is 21.5 Å². The van der Waals surface area contributed by atoms with Crippen LogP contribution in [0.5, 0.6) is 0 Å². The molecule has 3 rings (SSSR count). The zero-order valence-corrected chi connectivity index (χ0v) is 18.5. The van der Waals surface area contributed by atoms with Gasteiger partial charge in [0.1, 0.15) is 11.4 Å². The van der Waals surface area contributed by atoms with Crippen molar-refractivity contribution in [3.05, 3.63) is 81.5 Å². The number of halogens is 5. The highest BCUT2D eigenvalue weighted by molar-refractivity contribution is 6.40. The molecule has 3 aromatic rings. The first-order valence-corrected chi connectivity index (χ1v) is 10.1. The Morgan fingerprint density at radius 3 is 2.58 bits per heavy atom. The fraction of sp³-hybridized carbons (Fsp3) is 0.136. The lowest BCUT2D eigenvalue weighted by Crippen LogP contribution is -2.22. The van der Waals surface area contributed by atoms with Gasteiger partial charge < -0.3 is 15.4 Å². The number of hydrogen-bond donors (Lipinski definition) is 2. The Hall–Kier alpha value is -3.30. The second-order valence-corrected chi connectivity index (χ2v) is 7.57. The van der Waals surface area contributed by atoms with Crippen molar-refractivity contribution in [2.24, 2.45) is 0 Å². The van der Waals surface area contributed by atoms with Gasteiger partial charge in [-0.05, 0) is 48.9 Å². The van der Waals surface area contributed by atoms with Gasteiger partial charge in [-0.15, -0.1) is 0 Å². The highest BCUT2D eigenvalue weighted by Crippen LogP contribution is 2.33. The molecule has 1 amide bonds. The Bertz CT molecular complexity index is 1200. The number of aryl methyl sites for hydroxylation is 1. The maximum Gasteiger partial charge on any atom is 0.416 e. The number of nitrogens with zero attached hydrogens (tertiary/aromatic N) is 1. The molecule has 0 aliphatic heterocycles. The van der Waals surface area contributed by atoms with Crippen LogP contribution in [0.25, 0.3) is 0 Å². The van der Waals surface area contributed by atoms with E-state index in [9.17, 15) is 22.8 Å². The lowest BCUT2D eigenvalue weighted by atomic mass is 10.2. The van der Waals surface area contributed by atoms with E-state index in [4.69, 9.17) is 27.9 Å². The van der Waals surface area contributed by atoms with Gasteiger partial charge in [0.25, 0.3) is 5.91 Å². The summed E-state index contributed by atoms with van der Waals surface area (Å²) in [6.45, 7) is 1.08. The normalized spacial score (nSPS) is 11.1. The molecule has 0 aliphatic rings. The number of rotatable bonds is 6. The van der Waals surface area contributed by atoms with Crippen LogP contribution >= 0.6 is 23.2 Å². The minimum absolute atomic E-state index is 0.0352. The molecule has 0 saturated heterocycles. The van der Waals surface area contributed by atoms with E-state index in [1.807, 2.05) is 0 Å². The summed E-state index contributed by atoms with van der Waals surface area (Å²) in [5, 5.41) is 5.62. The molecule has 0 aliphatic carbocycles. The van der Waals surface area contributed by atoms with Crippen molar-refractivity contribution in [1.29, 1.82) is 0 Å². The van der Waals surface area contributed by atoms with Crippen LogP contribution in [0.15, 0.2) is 54.7 Å². The monoisotopic (exact) mass is 497 g/mol. The zero-order valence-electron chi connectivity index (χ0n) is 17.0. The second-order valence-electron chi connectivity index (χ2n) is 6.78. The quantitative estimate of drug-likeness (QED) is 0.393. The van der Waals surface area contributed by atoms with E-state index in [0.29, 0.717) is 5.56 Å². The summed E-state index contributed by atoms with van der Waals surface area (Å²) in [6.07, 6.45) is -3.18. The number of aromatic nitrogens is 1. The molecule has 0 spiro atoms. The van der Waals surface area contributed by atoms with E-state index >= 15 is 0 Å². The van der Waals surface area contributed by atoms with Crippen LogP contribution < -0.4 is 10.6 Å². The first-order chi connectivity index (χ1) is 15.6. The third kappa shape index (κ3) is 6.15. The number of ether oxygens (including phenoxy) is 1. The number of alkyl halides is 3. The molecular weight excluding hydrogens is 482 g/mol. The summed E-state index contributed by atoms with van der Waals surface area (Å²) in [6, 6.07) is 10.5. The fourth-order valence-corrected chi connectivity index (χ4v) is 3.20. The predicted octanol–water partition coefficient (Wildman–Crippen LogP) is 6.25. The third-order valence-electron chi connectivity index (χ3n) is 4.36. The van der Waals surface area contributed by atoms with Crippen molar-refractivity contribution < 1.29 is 27.5 Å². The second kappa shape index (κ2) is 10.1. The molecule has 0 bridgehead atoms. The van der Waals surface area contributed by atoms with E-state index in [0.717, 1.165) is 12.1 Å². The average molecular weight is 498 g/mol. The molecule has 1 heterocycles. The largest absolute Gasteiger partial charge is 0.452 e. The lowest BCUT2D eigenvalue weighted by molar-refractivity contribution is -0.137. The lowest BCUT2D eigenvalue weighted by Gasteiger charge is -2.13. The van der Waals surface area contributed by atoms with Crippen LogP contribution in [0, 0.1) is 6.92 Å². The first kappa shape index (κ1) is 24.3. The molecule has 11 heteroatoms. The molecule has 2 aromatic carbocycles. The Labute approximate surface area is 196 Å². The minimum atomic E-state index is -4.53. The van der Waals surface area contributed by atoms with Crippen LogP contribution in [0.4, 0.5) is 30.4 Å². The fourth-order valence-electron chi connectivity index (χ4n) is 2.74. The number of anilines is 3. The number of hydrogen-bond acceptors (Lipinski definition) is 5. The van der Waals surface area contributed by atoms with E-state index in [1.54, 1.807) is 19.1 Å². The first-order valence-electron chi connectivity index (χ1n) is 9.37. The summed E-state index contributed by atoms with van der Waals surface area (Å²) < 4.78 is 43.9. The molecule has 172 valence electrons. The van der Waals surface area contributed by atoms with Gasteiger partial charge in [0.05, 0.1) is 21.3 Å². The Balaban J connectivity index is 1.70. The van der Waals surface area contributed by atoms with Crippen LogP contribution in [0.3, 0.4) is 0 Å². The summed E-state index contributed by atoms with van der Waals surface area (Å²) in [4.78, 5) is 28.7. The predicted molar refractivity (Wildman–Crippen MR) is 119 cm³/mol. The number of carbonyl (C=O) groups excluding carboxylic acids is 2. The average Bonchev–Trinajstić information content (AvgIpc) is 2.77. The molecule has 6 nitrogen and oxygen atoms in total. The van der Waals surface area contributed by atoms with Gasteiger partial charge in [-0.3, -0.25) is 4.79 Å². The molecule has 1 aromatic heterocycles. The smallest absolute Gasteiger partial charge is 0.416 e. The maximum atomic E-state index is 12.9. The minimum Gasteiger partial charge on any atom is -0.452 e. The van der Waals surface area contributed by atoms with Crippen LogP contribution in [0.2, 0.25) is 10.0 Å². The Morgan fingerprint density at radius 2 is 1.85 bits per heavy atom. The molecule has 0 radical (unpaired) electrons. The molecule has 0 atom stereocenters. The van der Waals surface area contributed by atoms with Gasteiger partial charge in [0.2, 0.25) is 0 Å². The standard InChI is InChI=1S/C22H16Cl2F3N3O3/c1-12-7-8-16(23)19(18(12)24)30-17(31)11-33-21(32)15-6-3-9-28-20(15)29-14-5-2-4-13(10-14)22(25,26)27/h2-10H,11H2,1H3,(H,28,29)(H,30,31). The van der Waals surface area contributed by atoms with Gasteiger partial charge in [0, 0.05) is 11.9 Å². The SMILES string of the molecule is Cc1ccc(Cl)c(NC(=O)COC(=O)c2cccnc2Nc2cccc(C(F)(F)F)c2)c1Cl. The molecular formula is C22H16Cl2F3N3O3. The maximum absolute atomic E-state index is 12.9. The van der Waals surface area contributed by atoms with Crippen molar-refractivity contribution in [3.8, 4) is 0 Å². The van der Waals surface area contributed by atoms with E-state index < -0.39 is 30.2 Å². The topological polar surface area (TPSA) is 80.3 Å². The van der Waals surface area contributed by atoms with Crippen molar-refractivity contribution in [2.75, 3.05) is 17.2 Å². The molecule has 33 heavy (non-hydrogen) atoms. The van der Waals surface area contributed by atoms with Gasteiger partial charge >= 0.3 is 12.1 Å². The highest BCUT2D eigenvalue weighted by Gasteiger charge is 2.30. The Morgan fingerprint density at radius 1 is 1.09 bits per heavy atom. The van der Waals surface area contributed by atoms with Crippen molar-refractivity contribution in [3.63, 3.8) is 0 Å². The molecule has 2 N–H and O–H groups in total. The third-order valence-corrected chi connectivity index (χ3v) is 5.17. The number of amides is 1. The van der Waals surface area contributed by atoms with E-state index in [-0.39, 0.29) is 32.8 Å². The Kier molecular flexibility index (Phi) is 7.45. The highest BCUT2D eigenvalue weighted by atomic mass is 35.5. The van der Waals surface area contributed by atoms with Crippen molar-refractivity contribution in [1.82, 2.24) is 4.98 Å². The van der Waals surface area contributed by atoms with Gasteiger partial charge in [-0.2, -0.15) is 13.2 Å². The summed E-state index contributed by atoms with van der Waals surface area (Å²) in [7, 11) is 0. The summed E-state index contributed by atoms with van der Waals surface area (Å²) in [5.41, 5.74) is 0.00720. The molecule has 0 fully saturated rings. The summed E-state index contributed by atoms with van der Waals surface area (Å²) >= 11 is 12.2. The zero-order chi connectivity index (χ0) is 24.2. The van der Waals surface area contributed by atoms with E-state index in [1.165, 1.54) is 30.5 Å². The van der Waals surface area contributed by atoms with Crippen LogP contribution in [-0.4, -0.2) is 23.5 Å². The number of carbonyl (C=O) groups is 2. The van der Waals surface area contributed by atoms with Crippen molar-refractivity contribution in [2.45, 2.75) is 13.1 Å². The van der Waals surface area contributed by atoms with Gasteiger partial charge in [-0.1, -0.05) is 35.3 Å². The van der Waals surface area contributed by atoms with Gasteiger partial charge in [0.15, 0.2) is 6.61 Å². The van der Waals surface area contributed by atoms with Crippen LogP contribution in [-0.2, 0) is 15.7 Å². The van der Waals surface area contributed by atoms with Crippen molar-refractivity contribution >= 4 is 52.3 Å². The molecule has 0 saturated carbocycles. The van der Waals surface area contributed by atoms with Gasteiger partial charge in [-0.25, -0.2) is 9.78 Å². The number of pyridine rings is 1. The molecule has 0 unspecified atom stereocenters. The van der Waals surface area contributed by atoms with E-state index in [2.05, 4.69) is 15.6 Å². The number of benzene rings is 2. The summed E-state index contributed by atoms with van der Waals surface area (Å²) in [5.74, 6) is -1.63. The number of esters is 1.